The molecule has 0 aliphatic heterocycles. The Kier molecular flexibility index (Phi) is 4.13. The molecule has 2 aromatic rings. The molecule has 0 bridgehead atoms. The minimum Gasteiger partial charge on any atom is -0.287 e. The number of hydrogen-bond acceptors (Lipinski definition) is 1. The quantitative estimate of drug-likeness (QED) is 0.773. The molecule has 2 N–H and O–H groups in total. The zero-order valence-corrected chi connectivity index (χ0v) is 9.15. The minimum absolute atomic E-state index is 0. The second-order valence-corrected chi connectivity index (χ2v) is 3.24. The molecule has 1 aromatic heterocycles. The van der Waals surface area contributed by atoms with E-state index in [2.05, 4.69) is 12.1 Å². The first-order chi connectivity index (χ1) is 6.86. The van der Waals surface area contributed by atoms with E-state index < -0.39 is 0 Å². The summed E-state index contributed by atoms with van der Waals surface area (Å²) in [7, 11) is 0. The SMILES string of the molecule is Cl.Nc1cccc[n+]1Cc1ccccc1. The van der Waals surface area contributed by atoms with Gasteiger partial charge in [-0.15, -0.1) is 12.4 Å². The number of rotatable bonds is 2. The molecule has 0 spiro atoms. The molecule has 78 valence electrons. The van der Waals surface area contributed by atoms with Gasteiger partial charge in [0.2, 0.25) is 0 Å². The molecule has 3 heteroatoms. The third kappa shape index (κ3) is 2.96. The summed E-state index contributed by atoms with van der Waals surface area (Å²) in [5, 5.41) is 0. The lowest BCUT2D eigenvalue weighted by Crippen LogP contribution is -2.36. The second-order valence-electron chi connectivity index (χ2n) is 3.24. The Morgan fingerprint density at radius 1 is 0.933 bits per heavy atom. The minimum atomic E-state index is 0. The number of nitrogen functional groups attached to an aromatic ring is 1. The largest absolute Gasteiger partial charge is 0.287 e. The summed E-state index contributed by atoms with van der Waals surface area (Å²) in [6.45, 7) is 0.827. The molecule has 2 rings (SSSR count). The molecule has 0 radical (unpaired) electrons. The van der Waals surface area contributed by atoms with E-state index in [9.17, 15) is 0 Å². The van der Waals surface area contributed by atoms with Crippen LogP contribution in [-0.4, -0.2) is 0 Å². The molecule has 2 nitrogen and oxygen atoms in total. The molecule has 0 amide bonds. The monoisotopic (exact) mass is 221 g/mol. The average molecular weight is 222 g/mol. The predicted molar refractivity (Wildman–Crippen MR) is 63.8 cm³/mol. The van der Waals surface area contributed by atoms with Crippen LogP contribution in [0.15, 0.2) is 54.7 Å². The summed E-state index contributed by atoms with van der Waals surface area (Å²) < 4.78 is 2.02. The summed E-state index contributed by atoms with van der Waals surface area (Å²) in [4.78, 5) is 0. The first-order valence-corrected chi connectivity index (χ1v) is 4.64. The van der Waals surface area contributed by atoms with Crippen LogP contribution >= 0.6 is 12.4 Å². The first-order valence-electron chi connectivity index (χ1n) is 4.64. The maximum atomic E-state index is 5.83. The fourth-order valence-electron chi connectivity index (χ4n) is 1.41. The van der Waals surface area contributed by atoms with E-state index >= 15 is 0 Å². The van der Waals surface area contributed by atoms with E-state index in [1.807, 2.05) is 47.2 Å². The number of hydrogen-bond donors (Lipinski definition) is 1. The predicted octanol–water partition coefficient (Wildman–Crippen LogP) is 2.03. The van der Waals surface area contributed by atoms with Gasteiger partial charge in [0.1, 0.15) is 6.54 Å². The summed E-state index contributed by atoms with van der Waals surface area (Å²) in [6.07, 6.45) is 1.99. The highest BCUT2D eigenvalue weighted by Gasteiger charge is 2.02. The van der Waals surface area contributed by atoms with Gasteiger partial charge < -0.3 is 0 Å². The molecule has 15 heavy (non-hydrogen) atoms. The van der Waals surface area contributed by atoms with Crippen LogP contribution in [0.4, 0.5) is 5.82 Å². The van der Waals surface area contributed by atoms with Crippen molar-refractivity contribution in [2.75, 3.05) is 5.73 Å². The van der Waals surface area contributed by atoms with Crippen molar-refractivity contribution in [3.8, 4) is 0 Å². The third-order valence-corrected chi connectivity index (χ3v) is 2.17. The molecule has 1 aromatic carbocycles. The molecule has 1 heterocycles. The van der Waals surface area contributed by atoms with Gasteiger partial charge in [0.25, 0.3) is 5.82 Å². The molecule has 0 saturated carbocycles. The Morgan fingerprint density at radius 3 is 2.27 bits per heavy atom. The lowest BCUT2D eigenvalue weighted by molar-refractivity contribution is -0.674. The van der Waals surface area contributed by atoms with Gasteiger partial charge in [-0.05, 0) is 11.6 Å². The molecule has 0 aliphatic carbocycles. The van der Waals surface area contributed by atoms with Gasteiger partial charge in [-0.25, -0.2) is 4.57 Å². The fraction of sp³-hybridized carbons (Fsp3) is 0.0833. The Hall–Kier alpha value is -1.54. The maximum Gasteiger partial charge on any atom is 0.272 e. The van der Waals surface area contributed by atoms with Gasteiger partial charge >= 0.3 is 0 Å². The van der Waals surface area contributed by atoms with Crippen LogP contribution in [0.3, 0.4) is 0 Å². The molecule has 0 fully saturated rings. The van der Waals surface area contributed by atoms with Gasteiger partial charge in [-0.3, -0.25) is 5.73 Å². The normalized spacial score (nSPS) is 9.33. The van der Waals surface area contributed by atoms with Crippen molar-refractivity contribution < 1.29 is 4.57 Å². The van der Waals surface area contributed by atoms with Gasteiger partial charge in [0.15, 0.2) is 0 Å². The summed E-state index contributed by atoms with van der Waals surface area (Å²) in [5.41, 5.74) is 7.09. The molecule has 0 unspecified atom stereocenters. The van der Waals surface area contributed by atoms with Crippen molar-refractivity contribution in [2.45, 2.75) is 6.54 Å². The van der Waals surface area contributed by atoms with Gasteiger partial charge in [0, 0.05) is 6.07 Å². The maximum absolute atomic E-state index is 5.83. The Bertz CT molecular complexity index is 415. The highest BCUT2D eigenvalue weighted by atomic mass is 35.5. The number of anilines is 1. The Labute approximate surface area is 95.8 Å². The standard InChI is InChI=1S/C12H12N2.ClH/c13-12-8-4-5-9-14(12)10-11-6-2-1-3-7-11;/h1-9,13H,10H2;1H/p+1. The third-order valence-electron chi connectivity index (χ3n) is 2.17. The van der Waals surface area contributed by atoms with Crippen LogP contribution in [0, 0.1) is 0 Å². The number of nitrogens with two attached hydrogens (primary N) is 1. The van der Waals surface area contributed by atoms with E-state index in [0.717, 1.165) is 12.4 Å². The van der Waals surface area contributed by atoms with Crippen molar-refractivity contribution in [3.05, 3.63) is 60.3 Å². The Morgan fingerprint density at radius 2 is 1.60 bits per heavy atom. The summed E-state index contributed by atoms with van der Waals surface area (Å²) in [6, 6.07) is 16.1. The first kappa shape index (κ1) is 11.5. The van der Waals surface area contributed by atoms with Gasteiger partial charge in [-0.2, -0.15) is 0 Å². The van der Waals surface area contributed by atoms with E-state index in [0.29, 0.717) is 0 Å². The zero-order chi connectivity index (χ0) is 9.80. The second kappa shape index (κ2) is 5.37. The number of benzene rings is 1. The van der Waals surface area contributed by atoms with Crippen LogP contribution in [0.5, 0.6) is 0 Å². The highest BCUT2D eigenvalue weighted by Crippen LogP contribution is 1.99. The summed E-state index contributed by atoms with van der Waals surface area (Å²) >= 11 is 0. The van der Waals surface area contributed by atoms with Crippen molar-refractivity contribution in [1.82, 2.24) is 0 Å². The lowest BCUT2D eigenvalue weighted by atomic mass is 10.2. The van der Waals surface area contributed by atoms with E-state index in [1.54, 1.807) is 0 Å². The highest BCUT2D eigenvalue weighted by molar-refractivity contribution is 5.85. The van der Waals surface area contributed by atoms with Crippen LogP contribution in [0.2, 0.25) is 0 Å². The molecular weight excluding hydrogens is 208 g/mol. The number of pyridine rings is 1. The lowest BCUT2D eigenvalue weighted by Gasteiger charge is -2.02. The summed E-state index contributed by atoms with van der Waals surface area (Å²) in [5.74, 6) is 0.788. The van der Waals surface area contributed by atoms with Crippen LogP contribution in [-0.2, 0) is 6.54 Å². The van der Waals surface area contributed by atoms with Gasteiger partial charge in [-0.1, -0.05) is 36.4 Å². The van der Waals surface area contributed by atoms with E-state index in [1.165, 1.54) is 5.56 Å². The van der Waals surface area contributed by atoms with Crippen LogP contribution in [0.25, 0.3) is 0 Å². The van der Waals surface area contributed by atoms with Crippen molar-refractivity contribution in [3.63, 3.8) is 0 Å². The Balaban J connectivity index is 0.00000112. The van der Waals surface area contributed by atoms with Crippen molar-refractivity contribution >= 4 is 18.2 Å². The topological polar surface area (TPSA) is 29.9 Å². The molecule has 0 saturated heterocycles. The van der Waals surface area contributed by atoms with Crippen molar-refractivity contribution in [1.29, 1.82) is 0 Å². The number of halogens is 1. The number of aromatic nitrogens is 1. The molecular formula is C12H14ClN2+. The molecule has 0 aliphatic rings. The van der Waals surface area contributed by atoms with Gasteiger partial charge in [0.05, 0.1) is 6.20 Å². The van der Waals surface area contributed by atoms with Crippen LogP contribution in [0.1, 0.15) is 5.56 Å². The van der Waals surface area contributed by atoms with Crippen LogP contribution < -0.4 is 10.3 Å². The van der Waals surface area contributed by atoms with E-state index in [-0.39, 0.29) is 12.4 Å². The smallest absolute Gasteiger partial charge is 0.272 e. The average Bonchev–Trinajstić information content (AvgIpc) is 2.23. The van der Waals surface area contributed by atoms with Crippen molar-refractivity contribution in [2.24, 2.45) is 0 Å². The fourth-order valence-corrected chi connectivity index (χ4v) is 1.41. The zero-order valence-electron chi connectivity index (χ0n) is 8.34. The molecule has 0 atom stereocenters. The van der Waals surface area contributed by atoms with E-state index in [4.69, 9.17) is 5.73 Å². The number of nitrogens with zero attached hydrogens (tertiary/aromatic N) is 1.